The van der Waals surface area contributed by atoms with Gasteiger partial charge in [0, 0.05) is 37.2 Å². The molecule has 1 aromatic carbocycles. The Balaban J connectivity index is 0.00000225. The van der Waals surface area contributed by atoms with Crippen LogP contribution in [-0.2, 0) is 15.2 Å². The molecule has 2 aliphatic heterocycles. The van der Waals surface area contributed by atoms with Crippen LogP contribution >= 0.6 is 11.8 Å². The van der Waals surface area contributed by atoms with Crippen molar-refractivity contribution in [3.05, 3.63) is 34.1 Å². The molecule has 4 rings (SSSR count). The number of hydrogen-bond donors (Lipinski definition) is 1. The standard InChI is InChI=1S/C19H23FN2O4S.CH4/c20-15-8-13(26-10-12-2-1-5-25-12)9-16-18(15)19(23)22-17(21-16)11-27-14-3-6-24-7-4-14;/h8-9,12,14H,1-7,10-11H2,(H,21,22,23);1H4. The lowest BCUT2D eigenvalue weighted by atomic mass is 10.2. The zero-order chi connectivity index (χ0) is 18.6. The van der Waals surface area contributed by atoms with Gasteiger partial charge in [-0.3, -0.25) is 4.79 Å². The third-order valence-corrected chi connectivity index (χ3v) is 6.25. The smallest absolute Gasteiger partial charge is 0.261 e. The summed E-state index contributed by atoms with van der Waals surface area (Å²) in [5, 5.41) is 0.469. The van der Waals surface area contributed by atoms with Gasteiger partial charge < -0.3 is 19.2 Å². The predicted octanol–water partition coefficient (Wildman–Crippen LogP) is 3.67. The van der Waals surface area contributed by atoms with E-state index >= 15 is 0 Å². The zero-order valence-electron chi connectivity index (χ0n) is 15.0. The Morgan fingerprint density at radius 2 is 2.07 bits per heavy atom. The number of aromatic amines is 1. The van der Waals surface area contributed by atoms with Crippen molar-refractivity contribution < 1.29 is 18.6 Å². The van der Waals surface area contributed by atoms with E-state index in [1.165, 1.54) is 6.07 Å². The molecular weight excluding hydrogens is 383 g/mol. The number of halogens is 1. The summed E-state index contributed by atoms with van der Waals surface area (Å²) in [5.41, 5.74) is -0.130. The van der Waals surface area contributed by atoms with E-state index in [0.717, 1.165) is 45.5 Å². The Morgan fingerprint density at radius 1 is 1.25 bits per heavy atom. The lowest BCUT2D eigenvalue weighted by Gasteiger charge is -2.21. The minimum Gasteiger partial charge on any atom is -0.491 e. The van der Waals surface area contributed by atoms with Crippen molar-refractivity contribution in [2.75, 3.05) is 26.4 Å². The summed E-state index contributed by atoms with van der Waals surface area (Å²) in [7, 11) is 0. The van der Waals surface area contributed by atoms with Crippen LogP contribution in [0.25, 0.3) is 10.9 Å². The fourth-order valence-corrected chi connectivity index (χ4v) is 4.46. The van der Waals surface area contributed by atoms with E-state index in [1.807, 2.05) is 0 Å². The molecule has 28 heavy (non-hydrogen) atoms. The van der Waals surface area contributed by atoms with E-state index in [1.54, 1.807) is 17.8 Å². The minimum atomic E-state index is -0.618. The maximum absolute atomic E-state index is 14.4. The number of thioether (sulfide) groups is 1. The number of aromatic nitrogens is 2. The summed E-state index contributed by atoms with van der Waals surface area (Å²) in [4.78, 5) is 19.5. The number of fused-ring (bicyclic) bond motifs is 1. The molecule has 0 amide bonds. The highest BCUT2D eigenvalue weighted by molar-refractivity contribution is 7.99. The number of nitrogens with zero attached hydrogens (tertiary/aromatic N) is 1. The summed E-state index contributed by atoms with van der Waals surface area (Å²) in [6.45, 7) is 2.66. The third kappa shape index (κ3) is 5.04. The van der Waals surface area contributed by atoms with Crippen molar-refractivity contribution in [1.82, 2.24) is 9.97 Å². The molecule has 0 saturated carbocycles. The van der Waals surface area contributed by atoms with E-state index in [0.29, 0.717) is 34.7 Å². The van der Waals surface area contributed by atoms with Crippen LogP contribution in [0.5, 0.6) is 5.75 Å². The molecular formula is C20H27FN2O4S. The highest BCUT2D eigenvalue weighted by Gasteiger charge is 2.18. The van der Waals surface area contributed by atoms with Gasteiger partial charge in [0.25, 0.3) is 5.56 Å². The van der Waals surface area contributed by atoms with Gasteiger partial charge in [-0.15, -0.1) is 0 Å². The lowest BCUT2D eigenvalue weighted by molar-refractivity contribution is 0.0679. The Bertz CT molecular complexity index is 848. The van der Waals surface area contributed by atoms with Crippen LogP contribution in [0, 0.1) is 5.82 Å². The Morgan fingerprint density at radius 3 is 2.82 bits per heavy atom. The van der Waals surface area contributed by atoms with Gasteiger partial charge in [-0.25, -0.2) is 9.37 Å². The topological polar surface area (TPSA) is 73.4 Å². The van der Waals surface area contributed by atoms with Crippen LogP contribution < -0.4 is 10.3 Å². The minimum absolute atomic E-state index is 0. The highest BCUT2D eigenvalue weighted by atomic mass is 32.2. The number of benzene rings is 1. The van der Waals surface area contributed by atoms with Gasteiger partial charge in [0.05, 0.1) is 17.4 Å². The summed E-state index contributed by atoms with van der Waals surface area (Å²) < 4.78 is 31.0. The average Bonchev–Trinajstić information content (AvgIpc) is 3.19. The van der Waals surface area contributed by atoms with Gasteiger partial charge in [0.15, 0.2) is 0 Å². The quantitative estimate of drug-likeness (QED) is 0.783. The molecule has 0 aliphatic carbocycles. The fourth-order valence-electron chi connectivity index (χ4n) is 3.40. The number of hydrogen-bond acceptors (Lipinski definition) is 6. The Hall–Kier alpha value is -1.64. The summed E-state index contributed by atoms with van der Waals surface area (Å²) in [6.07, 6.45) is 4.01. The second kappa shape index (κ2) is 9.71. The molecule has 2 aromatic rings. The van der Waals surface area contributed by atoms with Crippen LogP contribution in [0.3, 0.4) is 0 Å². The Kier molecular flexibility index (Phi) is 7.31. The van der Waals surface area contributed by atoms with E-state index in [4.69, 9.17) is 14.2 Å². The largest absolute Gasteiger partial charge is 0.491 e. The molecule has 1 N–H and O–H groups in total. The SMILES string of the molecule is C.O=c1[nH]c(CSC2CCOCC2)nc2cc(OCC3CCCO3)cc(F)c12. The van der Waals surface area contributed by atoms with Gasteiger partial charge in [-0.05, 0) is 25.7 Å². The molecule has 0 radical (unpaired) electrons. The third-order valence-electron chi connectivity index (χ3n) is 4.87. The van der Waals surface area contributed by atoms with Crippen LogP contribution in [-0.4, -0.2) is 47.7 Å². The monoisotopic (exact) mass is 410 g/mol. The molecule has 2 aliphatic rings. The van der Waals surface area contributed by atoms with Gasteiger partial charge in [-0.2, -0.15) is 11.8 Å². The van der Waals surface area contributed by atoms with Crippen molar-refractivity contribution in [3.63, 3.8) is 0 Å². The van der Waals surface area contributed by atoms with Crippen LogP contribution in [0.2, 0.25) is 0 Å². The second-order valence-corrected chi connectivity index (χ2v) is 8.17. The molecule has 0 bridgehead atoms. The molecule has 1 atom stereocenters. The highest BCUT2D eigenvalue weighted by Crippen LogP contribution is 2.26. The zero-order valence-corrected chi connectivity index (χ0v) is 15.9. The molecule has 2 saturated heterocycles. The fraction of sp³-hybridized carbons (Fsp3) is 0.600. The van der Waals surface area contributed by atoms with E-state index in [-0.39, 0.29) is 18.9 Å². The van der Waals surface area contributed by atoms with Gasteiger partial charge >= 0.3 is 0 Å². The molecule has 154 valence electrons. The summed E-state index contributed by atoms with van der Waals surface area (Å²) in [5.74, 6) is 0.891. The normalized spacial score (nSPS) is 20.2. The van der Waals surface area contributed by atoms with Crippen molar-refractivity contribution >= 4 is 22.7 Å². The molecule has 2 fully saturated rings. The lowest BCUT2D eigenvalue weighted by Crippen LogP contribution is -2.19. The van der Waals surface area contributed by atoms with Crippen molar-refractivity contribution in [3.8, 4) is 5.75 Å². The second-order valence-electron chi connectivity index (χ2n) is 6.88. The van der Waals surface area contributed by atoms with Crippen molar-refractivity contribution in [1.29, 1.82) is 0 Å². The Labute approximate surface area is 168 Å². The number of rotatable bonds is 6. The van der Waals surface area contributed by atoms with Crippen LogP contribution in [0.1, 0.15) is 38.9 Å². The van der Waals surface area contributed by atoms with Crippen LogP contribution in [0.15, 0.2) is 16.9 Å². The molecule has 1 unspecified atom stereocenters. The van der Waals surface area contributed by atoms with Gasteiger partial charge in [0.1, 0.15) is 29.4 Å². The first-order valence-corrected chi connectivity index (χ1v) is 10.4. The van der Waals surface area contributed by atoms with Crippen LogP contribution in [0.4, 0.5) is 4.39 Å². The molecule has 3 heterocycles. The van der Waals surface area contributed by atoms with E-state index in [2.05, 4.69) is 9.97 Å². The molecule has 8 heteroatoms. The molecule has 1 aromatic heterocycles. The number of nitrogens with one attached hydrogen (secondary N) is 1. The van der Waals surface area contributed by atoms with Crippen molar-refractivity contribution in [2.24, 2.45) is 0 Å². The van der Waals surface area contributed by atoms with E-state index < -0.39 is 11.4 Å². The summed E-state index contributed by atoms with van der Waals surface area (Å²) >= 11 is 1.75. The first-order valence-electron chi connectivity index (χ1n) is 9.35. The first kappa shape index (κ1) is 21.1. The molecule has 0 spiro atoms. The van der Waals surface area contributed by atoms with Gasteiger partial charge in [-0.1, -0.05) is 7.43 Å². The predicted molar refractivity (Wildman–Crippen MR) is 109 cm³/mol. The first-order chi connectivity index (χ1) is 13.2. The maximum Gasteiger partial charge on any atom is 0.261 e. The van der Waals surface area contributed by atoms with E-state index in [9.17, 15) is 9.18 Å². The molecule has 6 nitrogen and oxygen atoms in total. The van der Waals surface area contributed by atoms with Gasteiger partial charge in [0.2, 0.25) is 0 Å². The number of H-pyrrole nitrogens is 1. The maximum atomic E-state index is 14.4. The summed E-state index contributed by atoms with van der Waals surface area (Å²) in [6, 6.07) is 2.87. The van der Waals surface area contributed by atoms with Crippen molar-refractivity contribution in [2.45, 2.75) is 50.2 Å². The number of ether oxygens (including phenoxy) is 3. The average molecular weight is 411 g/mol.